The van der Waals surface area contributed by atoms with E-state index in [4.69, 9.17) is 16.6 Å². The Morgan fingerprint density at radius 3 is 2.79 bits per heavy atom. The molecule has 1 aromatic rings. The Bertz CT molecular complexity index is 591. The first-order chi connectivity index (χ1) is 8.91. The van der Waals surface area contributed by atoms with Gasteiger partial charge in [0.25, 0.3) is 5.91 Å². The SMILES string of the molecule is NC(=O)C1=Cc2nccc(Br)c2[SH]1C[C@H](N)C(=O)O. The predicted molar refractivity (Wildman–Crippen MR) is 76.8 cm³/mol. The molecule has 1 aromatic heterocycles. The number of hydrogen-bond acceptors (Lipinski definition) is 4. The third-order valence-electron chi connectivity index (χ3n) is 2.69. The summed E-state index contributed by atoms with van der Waals surface area (Å²) in [7, 11) is -1.19. The number of aromatic nitrogens is 1. The number of nitrogens with two attached hydrogens (primary N) is 2. The van der Waals surface area contributed by atoms with Gasteiger partial charge in [0.1, 0.15) is 6.04 Å². The van der Waals surface area contributed by atoms with Gasteiger partial charge in [-0.15, -0.1) is 0 Å². The monoisotopic (exact) mass is 345 g/mol. The minimum atomic E-state index is -1.19. The molecule has 5 N–H and O–H groups in total. The van der Waals surface area contributed by atoms with Gasteiger partial charge in [0.15, 0.2) is 0 Å². The van der Waals surface area contributed by atoms with Crippen LogP contribution in [0.4, 0.5) is 0 Å². The quantitative estimate of drug-likeness (QED) is 0.591. The van der Waals surface area contributed by atoms with E-state index in [2.05, 4.69) is 20.9 Å². The van der Waals surface area contributed by atoms with Crippen LogP contribution in [-0.2, 0) is 9.59 Å². The highest BCUT2D eigenvalue weighted by atomic mass is 79.9. The van der Waals surface area contributed by atoms with Crippen molar-refractivity contribution in [2.24, 2.45) is 11.5 Å². The van der Waals surface area contributed by atoms with E-state index in [-0.39, 0.29) is 5.75 Å². The van der Waals surface area contributed by atoms with Gasteiger partial charge < -0.3 is 16.6 Å². The van der Waals surface area contributed by atoms with Crippen LogP contribution in [0.15, 0.2) is 26.5 Å². The van der Waals surface area contributed by atoms with Crippen molar-refractivity contribution < 1.29 is 14.7 Å². The second-order valence-corrected chi connectivity index (χ2v) is 6.98. The molecule has 19 heavy (non-hydrogen) atoms. The second kappa shape index (κ2) is 5.32. The van der Waals surface area contributed by atoms with Crippen LogP contribution in [0.25, 0.3) is 6.08 Å². The van der Waals surface area contributed by atoms with Gasteiger partial charge in [0.05, 0.1) is 10.6 Å². The van der Waals surface area contributed by atoms with E-state index in [1.165, 1.54) is 0 Å². The summed E-state index contributed by atoms with van der Waals surface area (Å²) in [5, 5.41) is 8.91. The van der Waals surface area contributed by atoms with Crippen LogP contribution in [0.3, 0.4) is 0 Å². The molecule has 0 bridgehead atoms. The number of pyridine rings is 1. The first kappa shape index (κ1) is 14.0. The van der Waals surface area contributed by atoms with Crippen LogP contribution in [0.2, 0.25) is 0 Å². The number of nitrogens with zero attached hydrogens (tertiary/aromatic N) is 1. The van der Waals surface area contributed by atoms with Gasteiger partial charge in [0.2, 0.25) is 0 Å². The van der Waals surface area contributed by atoms with Crippen molar-refractivity contribution in [3.8, 4) is 0 Å². The summed E-state index contributed by atoms with van der Waals surface area (Å²) in [5.41, 5.74) is 11.6. The molecule has 102 valence electrons. The number of aliphatic carboxylic acids is 1. The van der Waals surface area contributed by atoms with Gasteiger partial charge in [-0.1, -0.05) is 0 Å². The van der Waals surface area contributed by atoms with Crippen molar-refractivity contribution in [3.05, 3.63) is 27.3 Å². The van der Waals surface area contributed by atoms with E-state index < -0.39 is 28.8 Å². The van der Waals surface area contributed by atoms with E-state index in [1.807, 2.05) is 0 Å². The number of carboxylic acids is 1. The Balaban J connectivity index is 2.42. The summed E-state index contributed by atoms with van der Waals surface area (Å²) in [6.45, 7) is 0. The van der Waals surface area contributed by atoms with E-state index in [0.29, 0.717) is 10.6 Å². The maximum atomic E-state index is 11.5. The largest absolute Gasteiger partial charge is 0.480 e. The minimum absolute atomic E-state index is 0.163. The number of amides is 1. The van der Waals surface area contributed by atoms with Crippen LogP contribution in [0, 0.1) is 0 Å². The fourth-order valence-electron chi connectivity index (χ4n) is 1.81. The molecule has 1 aliphatic heterocycles. The van der Waals surface area contributed by atoms with Crippen molar-refractivity contribution in [1.82, 2.24) is 4.98 Å². The fraction of sp³-hybridized carbons (Fsp3) is 0.182. The smallest absolute Gasteiger partial charge is 0.321 e. The normalized spacial score (nSPS) is 20.5. The van der Waals surface area contributed by atoms with Gasteiger partial charge in [-0.2, -0.15) is 10.9 Å². The predicted octanol–water partition coefficient (Wildman–Crippen LogP) is 0.456. The Labute approximate surface area is 120 Å². The number of primary amides is 1. The Kier molecular flexibility index (Phi) is 3.93. The number of hydrogen-bond donors (Lipinski definition) is 4. The first-order valence-corrected chi connectivity index (χ1v) is 7.65. The van der Waals surface area contributed by atoms with Crippen LogP contribution in [-0.4, -0.2) is 33.8 Å². The number of carbonyl (C=O) groups excluding carboxylic acids is 1. The summed E-state index contributed by atoms with van der Waals surface area (Å²) in [4.78, 5) is 27.8. The van der Waals surface area contributed by atoms with Gasteiger partial charge in [-0.3, -0.25) is 14.6 Å². The van der Waals surface area contributed by atoms with Crippen molar-refractivity contribution in [1.29, 1.82) is 0 Å². The molecule has 1 aliphatic rings. The number of thiol groups is 1. The second-order valence-electron chi connectivity index (χ2n) is 3.98. The van der Waals surface area contributed by atoms with Crippen LogP contribution in [0.1, 0.15) is 5.69 Å². The molecule has 0 aromatic carbocycles. The van der Waals surface area contributed by atoms with E-state index >= 15 is 0 Å². The highest BCUT2D eigenvalue weighted by Crippen LogP contribution is 2.54. The summed E-state index contributed by atoms with van der Waals surface area (Å²) < 4.78 is 0.786. The van der Waals surface area contributed by atoms with E-state index in [1.54, 1.807) is 18.3 Å². The lowest BCUT2D eigenvalue weighted by Crippen LogP contribution is -2.34. The molecule has 0 saturated heterocycles. The molecule has 0 radical (unpaired) electrons. The third-order valence-corrected chi connectivity index (χ3v) is 6.35. The Morgan fingerprint density at radius 1 is 1.53 bits per heavy atom. The van der Waals surface area contributed by atoms with Gasteiger partial charge in [-0.05, 0) is 28.1 Å². The molecule has 2 heterocycles. The maximum Gasteiger partial charge on any atom is 0.321 e. The summed E-state index contributed by atoms with van der Waals surface area (Å²) in [6, 6.07) is 0.713. The van der Waals surface area contributed by atoms with Gasteiger partial charge >= 0.3 is 5.97 Å². The van der Waals surface area contributed by atoms with Crippen LogP contribution >= 0.6 is 26.8 Å². The van der Waals surface area contributed by atoms with Crippen LogP contribution in [0.5, 0.6) is 0 Å². The molecule has 0 fully saturated rings. The topological polar surface area (TPSA) is 119 Å². The molecule has 0 spiro atoms. The number of carbonyl (C=O) groups is 2. The Morgan fingerprint density at radius 2 is 2.21 bits per heavy atom. The number of fused-ring (bicyclic) bond motifs is 1. The molecule has 0 saturated carbocycles. The minimum Gasteiger partial charge on any atom is -0.480 e. The van der Waals surface area contributed by atoms with Crippen molar-refractivity contribution >= 4 is 44.8 Å². The summed E-state index contributed by atoms with van der Waals surface area (Å²) in [5.74, 6) is -1.50. The van der Waals surface area contributed by atoms with Gasteiger partial charge in [-0.25, -0.2) is 0 Å². The standard InChI is InChI=1S/C11H12BrN3O3S/c12-5-1-2-15-7-3-8(10(14)16)19(9(5)7)4-6(13)11(17)18/h1-3,6,19H,4,13H2,(H2,14,16)(H,17,18)/t6-/m0/s1. The zero-order chi connectivity index (χ0) is 14.2. The van der Waals surface area contributed by atoms with Crippen molar-refractivity contribution in [2.75, 3.05) is 5.75 Å². The van der Waals surface area contributed by atoms with Crippen LogP contribution < -0.4 is 11.5 Å². The number of halogens is 1. The third kappa shape index (κ3) is 2.65. The molecule has 8 heteroatoms. The fourth-order valence-corrected chi connectivity index (χ4v) is 5.22. The highest BCUT2D eigenvalue weighted by molar-refractivity contribution is 9.10. The molecule has 2 atom stereocenters. The molecule has 0 aliphatic carbocycles. The van der Waals surface area contributed by atoms with Crippen molar-refractivity contribution in [3.63, 3.8) is 0 Å². The molecule has 2 rings (SSSR count). The first-order valence-electron chi connectivity index (χ1n) is 5.33. The lowest BCUT2D eigenvalue weighted by atomic mass is 10.3. The zero-order valence-corrected chi connectivity index (χ0v) is 12.2. The zero-order valence-electron chi connectivity index (χ0n) is 9.71. The lowest BCUT2D eigenvalue weighted by molar-refractivity contribution is -0.137. The highest BCUT2D eigenvalue weighted by Gasteiger charge is 2.31. The molecular formula is C11H12BrN3O3S. The maximum absolute atomic E-state index is 11.5. The molecule has 1 amide bonds. The number of carboxylic acid groups (broad SMARTS) is 1. The molecule has 6 nitrogen and oxygen atoms in total. The number of rotatable bonds is 4. The molecule has 1 unspecified atom stereocenters. The average Bonchev–Trinajstić information content (AvgIpc) is 2.69. The molecular weight excluding hydrogens is 334 g/mol. The van der Waals surface area contributed by atoms with Gasteiger partial charge in [0, 0.05) is 21.3 Å². The van der Waals surface area contributed by atoms with E-state index in [9.17, 15) is 9.59 Å². The average molecular weight is 346 g/mol. The van der Waals surface area contributed by atoms with E-state index in [0.717, 1.165) is 9.37 Å². The lowest BCUT2D eigenvalue weighted by Gasteiger charge is -2.22. The summed E-state index contributed by atoms with van der Waals surface area (Å²) in [6.07, 6.45) is 3.22. The Hall–Kier alpha value is -1.38. The summed E-state index contributed by atoms with van der Waals surface area (Å²) >= 11 is 3.39. The van der Waals surface area contributed by atoms with Crippen molar-refractivity contribution in [2.45, 2.75) is 10.9 Å².